The summed E-state index contributed by atoms with van der Waals surface area (Å²) in [5.41, 5.74) is 5.58. The van der Waals surface area contributed by atoms with E-state index in [0.717, 1.165) is 68.1 Å². The number of rotatable bonds is 10. The van der Waals surface area contributed by atoms with Crippen LogP contribution in [0.25, 0.3) is 11.1 Å². The molecule has 3 aromatic carbocycles. The van der Waals surface area contributed by atoms with Crippen LogP contribution in [0.4, 0.5) is 4.39 Å². The van der Waals surface area contributed by atoms with Crippen LogP contribution >= 0.6 is 0 Å². The van der Waals surface area contributed by atoms with Crippen LogP contribution in [0.1, 0.15) is 33.6 Å². The minimum atomic E-state index is -0.280. The fourth-order valence-corrected chi connectivity index (χ4v) is 5.10. The molecule has 0 atom stereocenters. The normalized spacial score (nSPS) is 13.8. The average molecular weight is 525 g/mol. The first kappa shape index (κ1) is 26.7. The molecule has 1 aliphatic heterocycles. The van der Waals surface area contributed by atoms with Crippen molar-refractivity contribution in [3.8, 4) is 11.1 Å². The third-order valence-corrected chi connectivity index (χ3v) is 7.21. The van der Waals surface area contributed by atoms with E-state index in [2.05, 4.69) is 29.2 Å². The van der Waals surface area contributed by atoms with E-state index >= 15 is 0 Å². The van der Waals surface area contributed by atoms with Gasteiger partial charge in [0.25, 0.3) is 5.91 Å². The molecule has 0 aliphatic carbocycles. The minimum Gasteiger partial charge on any atom is -0.370 e. The highest BCUT2D eigenvalue weighted by Gasteiger charge is 2.19. The van der Waals surface area contributed by atoms with E-state index in [1.165, 1.54) is 17.7 Å². The Morgan fingerprint density at radius 3 is 2.44 bits per heavy atom. The number of quaternary nitrogens is 1. The van der Waals surface area contributed by atoms with E-state index in [9.17, 15) is 9.18 Å². The van der Waals surface area contributed by atoms with Crippen molar-refractivity contribution in [2.75, 3.05) is 32.8 Å². The second kappa shape index (κ2) is 13.3. The number of amides is 1. The lowest BCUT2D eigenvalue weighted by Crippen LogP contribution is -3.14. The Balaban J connectivity index is 1.32. The highest BCUT2D eigenvalue weighted by Crippen LogP contribution is 2.23. The highest BCUT2D eigenvalue weighted by molar-refractivity contribution is 5.95. The first-order valence-corrected chi connectivity index (χ1v) is 13.7. The predicted octanol–water partition coefficient (Wildman–Crippen LogP) is 4.58. The number of halogens is 1. The zero-order valence-electron chi connectivity index (χ0n) is 22.2. The number of hydrogen-bond donors (Lipinski definition) is 1. The van der Waals surface area contributed by atoms with Gasteiger partial charge in [0.2, 0.25) is 0 Å². The molecule has 1 amide bonds. The van der Waals surface area contributed by atoms with Crippen molar-refractivity contribution in [3.63, 3.8) is 0 Å². The van der Waals surface area contributed by atoms with Gasteiger partial charge >= 0.3 is 0 Å². The van der Waals surface area contributed by atoms with E-state index in [1.807, 2.05) is 47.4 Å². The number of hydrogen-bond acceptors (Lipinski definition) is 3. The molecule has 1 aliphatic rings. The summed E-state index contributed by atoms with van der Waals surface area (Å²) in [5, 5.41) is 0. The zero-order valence-corrected chi connectivity index (χ0v) is 22.2. The summed E-state index contributed by atoms with van der Waals surface area (Å²) in [5.74, 6) is -0.344. The van der Waals surface area contributed by atoms with Gasteiger partial charge in [0.15, 0.2) is 0 Å². The number of nitrogens with one attached hydrogen (secondary N) is 1. The topological polar surface area (TPSA) is 46.9 Å². The molecule has 4 aromatic rings. The van der Waals surface area contributed by atoms with Crippen molar-refractivity contribution in [1.82, 2.24) is 9.88 Å². The van der Waals surface area contributed by atoms with Gasteiger partial charge in [0, 0.05) is 24.7 Å². The minimum absolute atomic E-state index is 0.0639. The summed E-state index contributed by atoms with van der Waals surface area (Å²) >= 11 is 0. The molecule has 0 unspecified atom stereocenters. The van der Waals surface area contributed by atoms with Crippen LogP contribution in [0, 0.1) is 5.82 Å². The molecular weight excluding hydrogens is 489 g/mol. The summed E-state index contributed by atoms with van der Waals surface area (Å²) in [6, 6.07) is 28.2. The van der Waals surface area contributed by atoms with Crippen molar-refractivity contribution < 1.29 is 18.8 Å². The molecule has 5 nitrogen and oxygen atoms in total. The average Bonchev–Trinajstić information content (AvgIpc) is 2.98. The van der Waals surface area contributed by atoms with Gasteiger partial charge in [-0.15, -0.1) is 0 Å². The lowest BCUT2D eigenvalue weighted by molar-refractivity contribution is -0.908. The van der Waals surface area contributed by atoms with Gasteiger partial charge < -0.3 is 14.5 Å². The second-order valence-electron chi connectivity index (χ2n) is 10.1. The number of carbonyl (C=O) groups excluding carboxylic acids is 1. The Hall–Kier alpha value is -3.87. The standard InChI is InChI=1S/C33H34FN3O2/c34-31-14-12-28(13-15-31)29-9-4-10-30(23-29)33(38)37(25-32-11-1-2-16-35-32)24-27-7-3-6-26(22-27)8-5-17-36-18-20-39-21-19-36/h1-4,6-7,9-16,22-23H,5,8,17-21,24-25H2/p+1. The molecule has 6 heteroatoms. The number of nitrogens with zero attached hydrogens (tertiary/aromatic N) is 2. The van der Waals surface area contributed by atoms with E-state index < -0.39 is 0 Å². The Bertz CT molecular complexity index is 1360. The van der Waals surface area contributed by atoms with Crippen LogP contribution in [0.5, 0.6) is 0 Å². The van der Waals surface area contributed by atoms with Crippen LogP contribution in [0.2, 0.25) is 0 Å². The van der Waals surface area contributed by atoms with Gasteiger partial charge in [0.05, 0.1) is 32.0 Å². The van der Waals surface area contributed by atoms with Gasteiger partial charge in [-0.1, -0.05) is 54.6 Å². The fourth-order valence-electron chi connectivity index (χ4n) is 5.10. The molecular formula is C33H35FN3O2+. The van der Waals surface area contributed by atoms with Crippen molar-refractivity contribution in [2.24, 2.45) is 0 Å². The van der Waals surface area contributed by atoms with Crippen molar-refractivity contribution in [3.05, 3.63) is 125 Å². The summed E-state index contributed by atoms with van der Waals surface area (Å²) in [4.78, 5) is 21.8. The number of aromatic nitrogens is 1. The highest BCUT2D eigenvalue weighted by atomic mass is 19.1. The molecule has 0 saturated carbocycles. The van der Waals surface area contributed by atoms with Crippen LogP contribution in [0.15, 0.2) is 97.2 Å². The molecule has 0 spiro atoms. The monoisotopic (exact) mass is 524 g/mol. The number of benzene rings is 3. The third kappa shape index (κ3) is 7.59. The molecule has 200 valence electrons. The molecule has 1 aromatic heterocycles. The first-order chi connectivity index (χ1) is 19.1. The molecule has 2 heterocycles. The maximum absolute atomic E-state index is 13.8. The quantitative estimate of drug-likeness (QED) is 0.331. The number of pyridine rings is 1. The molecule has 1 fully saturated rings. The Labute approximate surface area is 229 Å². The van der Waals surface area contributed by atoms with Gasteiger partial charge in [-0.2, -0.15) is 0 Å². The maximum Gasteiger partial charge on any atom is 0.254 e. The van der Waals surface area contributed by atoms with E-state index in [4.69, 9.17) is 4.74 Å². The maximum atomic E-state index is 13.8. The Morgan fingerprint density at radius 2 is 1.64 bits per heavy atom. The van der Waals surface area contributed by atoms with Gasteiger partial charge in [0.1, 0.15) is 18.9 Å². The van der Waals surface area contributed by atoms with E-state index in [0.29, 0.717) is 18.7 Å². The molecule has 0 radical (unpaired) electrons. The summed E-state index contributed by atoms with van der Waals surface area (Å²) < 4.78 is 18.9. The Morgan fingerprint density at radius 1 is 0.846 bits per heavy atom. The van der Waals surface area contributed by atoms with Gasteiger partial charge in [-0.3, -0.25) is 9.78 Å². The molecule has 1 saturated heterocycles. The zero-order chi connectivity index (χ0) is 26.9. The van der Waals surface area contributed by atoms with E-state index in [1.54, 1.807) is 23.2 Å². The second-order valence-corrected chi connectivity index (χ2v) is 10.1. The van der Waals surface area contributed by atoms with Gasteiger partial charge in [-0.25, -0.2) is 4.39 Å². The van der Waals surface area contributed by atoms with Crippen molar-refractivity contribution in [2.45, 2.75) is 25.9 Å². The van der Waals surface area contributed by atoms with Crippen LogP contribution in [-0.2, 0) is 24.2 Å². The third-order valence-electron chi connectivity index (χ3n) is 7.21. The molecule has 0 bridgehead atoms. The Kier molecular flexibility index (Phi) is 9.09. The number of morpholine rings is 1. The largest absolute Gasteiger partial charge is 0.370 e. The van der Waals surface area contributed by atoms with Crippen molar-refractivity contribution >= 4 is 5.91 Å². The lowest BCUT2D eigenvalue weighted by Gasteiger charge is -2.24. The SMILES string of the molecule is O=C(c1cccc(-c2ccc(F)cc2)c1)N(Cc1cccc(CCC[NH+]2CCOCC2)c1)Cc1ccccn1. The van der Waals surface area contributed by atoms with Crippen LogP contribution in [-0.4, -0.2) is 48.6 Å². The first-order valence-electron chi connectivity index (χ1n) is 13.7. The number of carbonyl (C=O) groups is 1. The van der Waals surface area contributed by atoms with Crippen molar-refractivity contribution in [1.29, 1.82) is 0 Å². The number of ether oxygens (including phenoxy) is 1. The fraction of sp³-hybridized carbons (Fsp3) is 0.273. The summed E-state index contributed by atoms with van der Waals surface area (Å²) in [7, 11) is 0. The van der Waals surface area contributed by atoms with Crippen LogP contribution < -0.4 is 4.90 Å². The van der Waals surface area contributed by atoms with Crippen LogP contribution in [0.3, 0.4) is 0 Å². The smallest absolute Gasteiger partial charge is 0.254 e. The number of aryl methyl sites for hydroxylation is 1. The molecule has 5 rings (SSSR count). The molecule has 1 N–H and O–H groups in total. The van der Waals surface area contributed by atoms with Gasteiger partial charge in [-0.05, 0) is 65.1 Å². The predicted molar refractivity (Wildman–Crippen MR) is 151 cm³/mol. The summed E-state index contributed by atoms with van der Waals surface area (Å²) in [6.45, 7) is 5.95. The van der Waals surface area contributed by atoms with E-state index in [-0.39, 0.29) is 11.7 Å². The lowest BCUT2D eigenvalue weighted by atomic mass is 10.0. The molecule has 39 heavy (non-hydrogen) atoms. The summed E-state index contributed by atoms with van der Waals surface area (Å²) in [6.07, 6.45) is 3.90.